The summed E-state index contributed by atoms with van der Waals surface area (Å²) in [5.41, 5.74) is 2.47. The quantitative estimate of drug-likeness (QED) is 0.635. The average Bonchev–Trinajstić information content (AvgIpc) is 2.74. The fourth-order valence-electron chi connectivity index (χ4n) is 2.46. The van der Waals surface area contributed by atoms with Gasteiger partial charge in [-0.05, 0) is 36.4 Å². The van der Waals surface area contributed by atoms with E-state index in [2.05, 4.69) is 29.8 Å². The Hall–Kier alpha value is -3.78. The standard InChI is InChI=1S/C24H15NO2S/c25-19-23-12-7-6-11-22(23)17-16-21-10-5-4-9-20(21)13-8-18-28(26,27)24-14-2-1-3-15-24/h1-7,9-12,14-15H,18H2. The van der Waals surface area contributed by atoms with Gasteiger partial charge in [-0.3, -0.25) is 0 Å². The predicted octanol–water partition coefficient (Wildman–Crippen LogP) is 3.78. The molecule has 0 aliphatic heterocycles. The Bertz CT molecular complexity index is 1260. The lowest BCUT2D eigenvalue weighted by Crippen LogP contribution is -2.04. The minimum Gasteiger partial charge on any atom is -0.223 e. The third kappa shape index (κ3) is 4.68. The first-order valence-corrected chi connectivity index (χ1v) is 10.1. The second kappa shape index (κ2) is 8.74. The van der Waals surface area contributed by atoms with Crippen molar-refractivity contribution in [1.82, 2.24) is 0 Å². The average molecular weight is 381 g/mol. The molecule has 0 aromatic heterocycles. The summed E-state index contributed by atoms with van der Waals surface area (Å²) in [5, 5.41) is 9.16. The second-order valence-electron chi connectivity index (χ2n) is 5.83. The molecule has 3 nitrogen and oxygen atoms in total. The van der Waals surface area contributed by atoms with Crippen LogP contribution >= 0.6 is 0 Å². The Morgan fingerprint density at radius 3 is 1.68 bits per heavy atom. The summed E-state index contributed by atoms with van der Waals surface area (Å²) >= 11 is 0. The minimum atomic E-state index is -3.45. The molecule has 28 heavy (non-hydrogen) atoms. The number of nitrogens with zero attached hydrogens (tertiary/aromatic N) is 1. The summed E-state index contributed by atoms with van der Waals surface area (Å²) in [5.74, 6) is 11.4. The number of hydrogen-bond donors (Lipinski definition) is 0. The molecule has 3 aromatic rings. The SMILES string of the molecule is N#Cc1ccccc1C#Cc1ccccc1C#CCS(=O)(=O)c1ccccc1. The number of rotatable bonds is 2. The molecule has 3 aromatic carbocycles. The molecule has 4 heteroatoms. The van der Waals surface area contributed by atoms with Gasteiger partial charge in [0.25, 0.3) is 0 Å². The van der Waals surface area contributed by atoms with Gasteiger partial charge in [-0.25, -0.2) is 8.42 Å². The van der Waals surface area contributed by atoms with Crippen molar-refractivity contribution in [2.75, 3.05) is 5.75 Å². The van der Waals surface area contributed by atoms with Crippen molar-refractivity contribution in [2.24, 2.45) is 0 Å². The van der Waals surface area contributed by atoms with E-state index in [1.165, 1.54) is 0 Å². The topological polar surface area (TPSA) is 57.9 Å². The Labute approximate surface area is 165 Å². The van der Waals surface area contributed by atoms with Gasteiger partial charge in [0.1, 0.15) is 11.8 Å². The van der Waals surface area contributed by atoms with Crippen molar-refractivity contribution < 1.29 is 8.42 Å². The molecule has 0 aliphatic rings. The molecule has 0 atom stereocenters. The van der Waals surface area contributed by atoms with Crippen LogP contribution in [-0.2, 0) is 9.84 Å². The Morgan fingerprint density at radius 1 is 0.643 bits per heavy atom. The van der Waals surface area contributed by atoms with Crippen LogP contribution in [0, 0.1) is 35.0 Å². The zero-order valence-corrected chi connectivity index (χ0v) is 15.7. The van der Waals surface area contributed by atoms with Crippen molar-refractivity contribution in [3.05, 3.63) is 101 Å². The van der Waals surface area contributed by atoms with E-state index in [1.807, 2.05) is 24.3 Å². The zero-order valence-electron chi connectivity index (χ0n) is 14.9. The molecule has 0 saturated carbocycles. The van der Waals surface area contributed by atoms with Crippen molar-refractivity contribution in [2.45, 2.75) is 4.90 Å². The van der Waals surface area contributed by atoms with Crippen molar-refractivity contribution >= 4 is 9.84 Å². The number of sulfone groups is 1. The smallest absolute Gasteiger partial charge is 0.189 e. The predicted molar refractivity (Wildman–Crippen MR) is 109 cm³/mol. The maximum atomic E-state index is 12.3. The van der Waals surface area contributed by atoms with Crippen LogP contribution in [0.5, 0.6) is 0 Å². The molecule has 0 saturated heterocycles. The minimum absolute atomic E-state index is 0.255. The Kier molecular flexibility index (Phi) is 5.93. The lowest BCUT2D eigenvalue weighted by Gasteiger charge is -1.99. The lowest BCUT2D eigenvalue weighted by molar-refractivity contribution is 0.599. The molecule has 0 radical (unpaired) electrons. The van der Waals surface area contributed by atoms with Gasteiger partial charge in [0.2, 0.25) is 0 Å². The molecule has 0 spiro atoms. The molecule has 0 fully saturated rings. The Balaban J connectivity index is 1.87. The van der Waals surface area contributed by atoms with E-state index >= 15 is 0 Å². The van der Waals surface area contributed by atoms with Gasteiger partial charge in [0, 0.05) is 16.7 Å². The first-order chi connectivity index (χ1) is 13.6. The van der Waals surface area contributed by atoms with E-state index in [9.17, 15) is 8.42 Å². The third-order valence-electron chi connectivity index (χ3n) is 3.89. The second-order valence-corrected chi connectivity index (χ2v) is 7.82. The van der Waals surface area contributed by atoms with Gasteiger partial charge in [0.15, 0.2) is 9.84 Å². The van der Waals surface area contributed by atoms with Crippen LogP contribution in [0.15, 0.2) is 83.8 Å². The molecule has 134 valence electrons. The maximum Gasteiger partial charge on any atom is 0.189 e. The van der Waals surface area contributed by atoms with E-state index in [0.717, 1.165) is 0 Å². The highest BCUT2D eigenvalue weighted by atomic mass is 32.2. The maximum absolute atomic E-state index is 12.3. The number of hydrogen-bond acceptors (Lipinski definition) is 3. The fourth-order valence-corrected chi connectivity index (χ4v) is 3.46. The summed E-state index contributed by atoms with van der Waals surface area (Å²) < 4.78 is 24.7. The van der Waals surface area contributed by atoms with Crippen LogP contribution in [0.25, 0.3) is 0 Å². The Morgan fingerprint density at radius 2 is 1.11 bits per heavy atom. The number of benzene rings is 3. The molecule has 0 N–H and O–H groups in total. The zero-order chi connectivity index (χ0) is 19.8. The molecule has 0 bridgehead atoms. The van der Waals surface area contributed by atoms with Crippen LogP contribution in [0.1, 0.15) is 22.3 Å². The van der Waals surface area contributed by atoms with E-state index < -0.39 is 9.84 Å². The summed E-state index contributed by atoms with van der Waals surface area (Å²) in [4.78, 5) is 0.255. The monoisotopic (exact) mass is 381 g/mol. The first-order valence-electron chi connectivity index (χ1n) is 8.47. The first kappa shape index (κ1) is 19.0. The largest absolute Gasteiger partial charge is 0.223 e. The molecular formula is C24H15NO2S. The van der Waals surface area contributed by atoms with Crippen LogP contribution in [-0.4, -0.2) is 14.2 Å². The molecule has 0 amide bonds. The van der Waals surface area contributed by atoms with Crippen LogP contribution in [0.4, 0.5) is 0 Å². The van der Waals surface area contributed by atoms with Crippen LogP contribution in [0.2, 0.25) is 0 Å². The van der Waals surface area contributed by atoms with Gasteiger partial charge in [0.05, 0.1) is 10.5 Å². The lowest BCUT2D eigenvalue weighted by atomic mass is 10.1. The van der Waals surface area contributed by atoms with E-state index in [1.54, 1.807) is 54.6 Å². The highest BCUT2D eigenvalue weighted by Crippen LogP contribution is 2.11. The van der Waals surface area contributed by atoms with Gasteiger partial charge in [-0.15, -0.1) is 0 Å². The van der Waals surface area contributed by atoms with Crippen molar-refractivity contribution in [3.63, 3.8) is 0 Å². The summed E-state index contributed by atoms with van der Waals surface area (Å²) in [6.45, 7) is 0. The summed E-state index contributed by atoms with van der Waals surface area (Å²) in [6, 6.07) is 24.8. The van der Waals surface area contributed by atoms with Gasteiger partial charge in [-0.1, -0.05) is 66.1 Å². The van der Waals surface area contributed by atoms with Gasteiger partial charge < -0.3 is 0 Å². The fraction of sp³-hybridized carbons (Fsp3) is 0.0417. The molecule has 0 aliphatic carbocycles. The highest BCUT2D eigenvalue weighted by Gasteiger charge is 2.11. The molecule has 0 heterocycles. The van der Waals surface area contributed by atoms with Crippen LogP contribution in [0.3, 0.4) is 0 Å². The van der Waals surface area contributed by atoms with E-state index in [4.69, 9.17) is 5.26 Å². The molecular weight excluding hydrogens is 366 g/mol. The van der Waals surface area contributed by atoms with Crippen molar-refractivity contribution in [3.8, 4) is 29.8 Å². The van der Waals surface area contributed by atoms with Crippen LogP contribution < -0.4 is 0 Å². The summed E-state index contributed by atoms with van der Waals surface area (Å²) in [6.07, 6.45) is 0. The van der Waals surface area contributed by atoms with Gasteiger partial charge in [-0.2, -0.15) is 5.26 Å². The normalized spacial score (nSPS) is 9.96. The van der Waals surface area contributed by atoms with E-state index in [0.29, 0.717) is 22.3 Å². The summed E-state index contributed by atoms with van der Waals surface area (Å²) in [7, 11) is -3.45. The van der Waals surface area contributed by atoms with Crippen molar-refractivity contribution in [1.29, 1.82) is 5.26 Å². The van der Waals surface area contributed by atoms with E-state index in [-0.39, 0.29) is 10.6 Å². The third-order valence-corrected chi connectivity index (χ3v) is 5.41. The number of nitriles is 1. The molecule has 3 rings (SSSR count). The highest BCUT2D eigenvalue weighted by molar-refractivity contribution is 7.91. The molecule has 0 unspecified atom stereocenters. The van der Waals surface area contributed by atoms with Gasteiger partial charge >= 0.3 is 0 Å².